The molecule has 3 aromatic rings. The van der Waals surface area contributed by atoms with E-state index in [1.165, 1.54) is 21.3 Å². The second-order valence-electron chi connectivity index (χ2n) is 6.59. The number of anilines is 1. The number of hydrogen-bond donors (Lipinski definition) is 2. The molecule has 0 aliphatic heterocycles. The number of fused-ring (bicyclic) bond motifs is 1. The molecule has 0 fully saturated rings. The molecule has 0 unspecified atom stereocenters. The summed E-state index contributed by atoms with van der Waals surface area (Å²) in [7, 11) is 10.9. The maximum atomic E-state index is 8.96. The molecule has 31 heavy (non-hydrogen) atoms. The number of benzene rings is 1. The van der Waals surface area contributed by atoms with E-state index in [0.29, 0.717) is 58.7 Å². The molecule has 2 heterocycles. The first kappa shape index (κ1) is 22.6. The van der Waals surface area contributed by atoms with Crippen LogP contribution in [0.2, 0.25) is 5.15 Å². The third-order valence-corrected chi connectivity index (χ3v) is 4.94. The number of rotatable bonds is 7. The van der Waals surface area contributed by atoms with Crippen LogP contribution < -0.4 is 25.4 Å². The van der Waals surface area contributed by atoms with Gasteiger partial charge < -0.3 is 29.6 Å². The minimum Gasteiger partial charge on any atom is -0.493 e. The summed E-state index contributed by atoms with van der Waals surface area (Å²) in [5, 5.41) is 9.77. The molecular weight excluding hydrogens is 419 g/mol. The van der Waals surface area contributed by atoms with Crippen molar-refractivity contribution >= 4 is 41.9 Å². The van der Waals surface area contributed by atoms with Gasteiger partial charge in [0.15, 0.2) is 11.5 Å². The van der Waals surface area contributed by atoms with Crippen LogP contribution in [0.25, 0.3) is 11.0 Å². The number of aliphatic hydroxyl groups is 1. The predicted molar refractivity (Wildman–Crippen MR) is 121 cm³/mol. The van der Waals surface area contributed by atoms with Crippen molar-refractivity contribution in [3.05, 3.63) is 28.5 Å². The van der Waals surface area contributed by atoms with E-state index >= 15 is 0 Å². The van der Waals surface area contributed by atoms with Crippen LogP contribution in [0.5, 0.6) is 17.2 Å². The Labute approximate surface area is 186 Å². The first-order valence-corrected chi connectivity index (χ1v) is 9.81. The van der Waals surface area contributed by atoms with Crippen molar-refractivity contribution in [2.45, 2.75) is 19.4 Å². The zero-order valence-corrected chi connectivity index (χ0v) is 18.3. The second kappa shape index (κ2) is 9.81. The Morgan fingerprint density at radius 2 is 1.94 bits per heavy atom. The molecule has 0 amide bonds. The fourth-order valence-electron chi connectivity index (χ4n) is 3.24. The number of aliphatic hydroxyl groups excluding tert-OH is 1. The Hall–Kier alpha value is -3.09. The Morgan fingerprint density at radius 3 is 2.58 bits per heavy atom. The molecule has 3 rings (SSSR count). The molecule has 0 saturated heterocycles. The van der Waals surface area contributed by atoms with Crippen molar-refractivity contribution in [1.29, 1.82) is 0 Å². The summed E-state index contributed by atoms with van der Waals surface area (Å²) >= 11 is 6.36. The molecule has 160 valence electrons. The molecule has 0 saturated carbocycles. The zero-order valence-electron chi connectivity index (χ0n) is 17.5. The van der Waals surface area contributed by atoms with Gasteiger partial charge in [-0.1, -0.05) is 23.4 Å². The van der Waals surface area contributed by atoms with Gasteiger partial charge in [-0.2, -0.15) is 4.98 Å². The molecule has 0 bridgehead atoms. The number of ether oxygens (including phenoxy) is 3. The monoisotopic (exact) mass is 440 g/mol. The fourth-order valence-corrected chi connectivity index (χ4v) is 3.52. The lowest BCUT2D eigenvalue weighted by atomic mass is 9.88. The number of halogens is 1. The van der Waals surface area contributed by atoms with E-state index in [9.17, 15) is 0 Å². The van der Waals surface area contributed by atoms with Crippen LogP contribution in [0.3, 0.4) is 0 Å². The third-order valence-electron chi connectivity index (χ3n) is 4.67. The largest absolute Gasteiger partial charge is 0.493 e. The van der Waals surface area contributed by atoms with E-state index in [0.717, 1.165) is 5.56 Å². The number of hydrogen-bond acceptors (Lipinski definition) is 7. The summed E-state index contributed by atoms with van der Waals surface area (Å²) in [6, 6.07) is 1.78. The van der Waals surface area contributed by atoms with E-state index in [1.807, 2.05) is 10.8 Å². The van der Waals surface area contributed by atoms with Gasteiger partial charge in [0, 0.05) is 25.8 Å². The van der Waals surface area contributed by atoms with E-state index in [4.69, 9.17) is 44.5 Å². The van der Waals surface area contributed by atoms with E-state index < -0.39 is 0 Å². The van der Waals surface area contributed by atoms with Crippen LogP contribution >= 0.6 is 11.6 Å². The highest BCUT2D eigenvalue weighted by Crippen LogP contribution is 2.37. The molecule has 2 radical (unpaired) electrons. The number of aromatic nitrogens is 3. The SMILES string of the molecule is [B]c1c(Cn2cc(C#CCCCO)c3c(Cl)nc(N)nc32)cc(OC)c(OC)c1OC. The maximum absolute atomic E-state index is 8.96. The van der Waals surface area contributed by atoms with Crippen LogP contribution in [0.15, 0.2) is 12.3 Å². The lowest BCUT2D eigenvalue weighted by Gasteiger charge is -2.18. The number of nitrogens with two attached hydrogens (primary N) is 1. The average molecular weight is 441 g/mol. The topological polar surface area (TPSA) is 105 Å². The summed E-state index contributed by atoms with van der Waals surface area (Å²) in [4.78, 5) is 8.41. The predicted octanol–water partition coefficient (Wildman–Crippen LogP) is 1.66. The molecule has 0 atom stereocenters. The molecule has 3 N–H and O–H groups in total. The van der Waals surface area contributed by atoms with Gasteiger partial charge in [-0.05, 0) is 23.5 Å². The van der Waals surface area contributed by atoms with Gasteiger partial charge in [0.1, 0.15) is 18.6 Å². The fraction of sp³-hybridized carbons (Fsp3) is 0.333. The van der Waals surface area contributed by atoms with Crippen molar-refractivity contribution in [3.63, 3.8) is 0 Å². The number of nitrogens with zero attached hydrogens (tertiary/aromatic N) is 3. The third kappa shape index (κ3) is 4.50. The van der Waals surface area contributed by atoms with E-state index in [1.54, 1.807) is 6.07 Å². The van der Waals surface area contributed by atoms with Crippen LogP contribution in [-0.4, -0.2) is 55.4 Å². The highest BCUT2D eigenvalue weighted by atomic mass is 35.5. The molecular formula is C21H22BClN4O4. The van der Waals surface area contributed by atoms with Crippen LogP contribution in [0.4, 0.5) is 5.95 Å². The van der Waals surface area contributed by atoms with Crippen LogP contribution in [0, 0.1) is 11.8 Å². The molecule has 0 aliphatic carbocycles. The van der Waals surface area contributed by atoms with E-state index in [2.05, 4.69) is 21.8 Å². The van der Waals surface area contributed by atoms with Gasteiger partial charge >= 0.3 is 0 Å². The number of unbranched alkanes of at least 4 members (excludes halogenated alkanes) is 1. The zero-order chi connectivity index (χ0) is 22.5. The van der Waals surface area contributed by atoms with Crippen molar-refractivity contribution in [2.24, 2.45) is 0 Å². The Bertz CT molecular complexity index is 1170. The Kier molecular flexibility index (Phi) is 7.15. The molecule has 0 aliphatic rings. The van der Waals surface area contributed by atoms with Crippen molar-refractivity contribution in [3.8, 4) is 29.1 Å². The van der Waals surface area contributed by atoms with Gasteiger partial charge in [0.2, 0.25) is 11.7 Å². The lowest BCUT2D eigenvalue weighted by molar-refractivity contribution is 0.290. The Morgan fingerprint density at radius 1 is 1.19 bits per heavy atom. The molecule has 2 aromatic heterocycles. The lowest BCUT2D eigenvalue weighted by Crippen LogP contribution is -2.18. The minimum absolute atomic E-state index is 0.0505. The molecule has 0 spiro atoms. The Balaban J connectivity index is 2.15. The van der Waals surface area contributed by atoms with Crippen molar-refractivity contribution in [2.75, 3.05) is 33.7 Å². The molecule has 1 aromatic carbocycles. The summed E-state index contributed by atoms with van der Waals surface area (Å²) in [5.41, 5.74) is 8.14. The minimum atomic E-state index is 0.0505. The average Bonchev–Trinajstić information content (AvgIpc) is 3.09. The van der Waals surface area contributed by atoms with Crippen LogP contribution in [-0.2, 0) is 6.54 Å². The highest BCUT2D eigenvalue weighted by Gasteiger charge is 2.20. The van der Waals surface area contributed by atoms with Gasteiger partial charge in [0.05, 0.1) is 32.3 Å². The highest BCUT2D eigenvalue weighted by molar-refractivity contribution is 6.36. The van der Waals surface area contributed by atoms with Gasteiger partial charge in [-0.3, -0.25) is 0 Å². The normalized spacial score (nSPS) is 10.6. The van der Waals surface area contributed by atoms with Crippen molar-refractivity contribution < 1.29 is 19.3 Å². The summed E-state index contributed by atoms with van der Waals surface area (Å²) in [6.45, 7) is 0.404. The number of nitrogen functional groups attached to an aromatic ring is 1. The number of methoxy groups -OCH3 is 3. The molecule has 10 heteroatoms. The van der Waals surface area contributed by atoms with E-state index in [-0.39, 0.29) is 17.7 Å². The molecule has 8 nitrogen and oxygen atoms in total. The maximum Gasteiger partial charge on any atom is 0.223 e. The second-order valence-corrected chi connectivity index (χ2v) is 6.95. The smallest absolute Gasteiger partial charge is 0.223 e. The summed E-state index contributed by atoms with van der Waals surface area (Å²) in [5.74, 6) is 7.43. The van der Waals surface area contributed by atoms with Crippen molar-refractivity contribution in [1.82, 2.24) is 14.5 Å². The standard InChI is InChI=1S/C21H22BClN4O4/c1-29-14-9-13(16(22)18(31-3)17(14)30-2)11-27-10-12(7-5-4-6-8-28)15-19(23)25-21(24)26-20(15)27/h9-10,28H,4,6,8,11H2,1-3H3,(H2,24,25,26). The van der Waals surface area contributed by atoms with Crippen LogP contribution in [0.1, 0.15) is 24.0 Å². The van der Waals surface area contributed by atoms with Gasteiger partial charge in [-0.25, -0.2) is 4.98 Å². The first-order valence-electron chi connectivity index (χ1n) is 9.44. The summed E-state index contributed by atoms with van der Waals surface area (Å²) in [6.07, 6.45) is 2.96. The van der Waals surface area contributed by atoms with Gasteiger partial charge in [0.25, 0.3) is 0 Å². The van der Waals surface area contributed by atoms with Gasteiger partial charge in [-0.15, -0.1) is 0 Å². The summed E-state index contributed by atoms with van der Waals surface area (Å²) < 4.78 is 18.1. The first-order chi connectivity index (χ1) is 14.9. The quantitative estimate of drug-likeness (QED) is 0.249.